The van der Waals surface area contributed by atoms with E-state index < -0.39 is 0 Å². The van der Waals surface area contributed by atoms with Gasteiger partial charge in [-0.1, -0.05) is 6.07 Å². The van der Waals surface area contributed by atoms with Crippen molar-refractivity contribution in [2.24, 2.45) is 0 Å². The summed E-state index contributed by atoms with van der Waals surface area (Å²) in [6, 6.07) is 11.6. The summed E-state index contributed by atoms with van der Waals surface area (Å²) in [5.41, 5.74) is 9.64. The van der Waals surface area contributed by atoms with Crippen molar-refractivity contribution in [3.8, 4) is 11.5 Å². The number of ether oxygens (including phenoxy) is 2. The van der Waals surface area contributed by atoms with Crippen LogP contribution in [0, 0.1) is 6.92 Å². The Bertz CT molecular complexity index is 597. The van der Waals surface area contributed by atoms with Crippen molar-refractivity contribution < 1.29 is 9.47 Å². The first-order chi connectivity index (χ1) is 9.65. The van der Waals surface area contributed by atoms with Gasteiger partial charge in [-0.15, -0.1) is 0 Å². The van der Waals surface area contributed by atoms with E-state index in [2.05, 4.69) is 5.32 Å². The second kappa shape index (κ2) is 6.19. The minimum absolute atomic E-state index is 0.592. The molecule has 0 amide bonds. The maximum absolute atomic E-state index is 6.11. The van der Waals surface area contributed by atoms with Gasteiger partial charge in [0.15, 0.2) is 0 Å². The molecule has 0 aliphatic rings. The van der Waals surface area contributed by atoms with E-state index in [0.29, 0.717) is 18.0 Å². The van der Waals surface area contributed by atoms with Gasteiger partial charge in [0.1, 0.15) is 11.5 Å². The van der Waals surface area contributed by atoms with Gasteiger partial charge in [-0.2, -0.15) is 0 Å². The largest absolute Gasteiger partial charge is 0.497 e. The van der Waals surface area contributed by atoms with Crippen LogP contribution in [0.3, 0.4) is 0 Å². The predicted octanol–water partition coefficient (Wildman–Crippen LogP) is 3.73. The average Bonchev–Trinajstić information content (AvgIpc) is 2.45. The molecule has 0 aliphatic carbocycles. The van der Waals surface area contributed by atoms with Crippen molar-refractivity contribution in [1.29, 1.82) is 0 Å². The van der Waals surface area contributed by atoms with Gasteiger partial charge >= 0.3 is 0 Å². The topological polar surface area (TPSA) is 56.5 Å². The number of hydrogen-bond donors (Lipinski definition) is 2. The monoisotopic (exact) mass is 272 g/mol. The Morgan fingerprint density at radius 1 is 1.15 bits per heavy atom. The van der Waals surface area contributed by atoms with E-state index in [1.165, 1.54) is 0 Å². The molecule has 4 heteroatoms. The Hall–Kier alpha value is -2.36. The number of aryl methyl sites for hydroxylation is 1. The van der Waals surface area contributed by atoms with Crippen LogP contribution in [-0.2, 0) is 0 Å². The lowest BCUT2D eigenvalue weighted by atomic mass is 10.1. The third-order valence-electron chi connectivity index (χ3n) is 3.07. The molecule has 2 rings (SSSR count). The third kappa shape index (κ3) is 2.96. The number of nitrogens with two attached hydrogens (primary N) is 1. The lowest BCUT2D eigenvalue weighted by Crippen LogP contribution is -2.01. The molecule has 2 aromatic rings. The zero-order chi connectivity index (χ0) is 14.5. The SMILES string of the molecule is CCOc1cccc(Nc2ccc(OC)cc2C)c1N. The van der Waals surface area contributed by atoms with Gasteiger partial charge in [-0.3, -0.25) is 0 Å². The quantitative estimate of drug-likeness (QED) is 0.814. The molecule has 0 saturated carbocycles. The van der Waals surface area contributed by atoms with Crippen LogP contribution in [-0.4, -0.2) is 13.7 Å². The molecular weight excluding hydrogens is 252 g/mol. The summed E-state index contributed by atoms with van der Waals surface area (Å²) in [6.07, 6.45) is 0. The molecular formula is C16H20N2O2. The highest BCUT2D eigenvalue weighted by molar-refractivity contribution is 5.78. The van der Waals surface area contributed by atoms with Crippen LogP contribution in [0.4, 0.5) is 17.1 Å². The number of benzene rings is 2. The highest BCUT2D eigenvalue weighted by Gasteiger charge is 2.07. The van der Waals surface area contributed by atoms with Gasteiger partial charge in [-0.25, -0.2) is 0 Å². The molecule has 4 nitrogen and oxygen atoms in total. The number of anilines is 3. The molecule has 0 aromatic heterocycles. The Labute approximate surface area is 119 Å². The number of rotatable bonds is 5. The van der Waals surface area contributed by atoms with E-state index in [1.54, 1.807) is 7.11 Å². The van der Waals surface area contributed by atoms with Crippen LogP contribution < -0.4 is 20.5 Å². The molecule has 0 unspecified atom stereocenters. The second-order valence-corrected chi connectivity index (χ2v) is 4.46. The third-order valence-corrected chi connectivity index (χ3v) is 3.07. The summed E-state index contributed by atoms with van der Waals surface area (Å²) >= 11 is 0. The zero-order valence-electron chi connectivity index (χ0n) is 12.1. The fraction of sp³-hybridized carbons (Fsp3) is 0.250. The summed E-state index contributed by atoms with van der Waals surface area (Å²) in [5.74, 6) is 1.53. The van der Waals surface area contributed by atoms with Gasteiger partial charge in [-0.05, 0) is 49.7 Å². The molecule has 0 bridgehead atoms. The Morgan fingerprint density at radius 3 is 2.60 bits per heavy atom. The van der Waals surface area contributed by atoms with Crippen molar-refractivity contribution in [1.82, 2.24) is 0 Å². The number of methoxy groups -OCH3 is 1. The first-order valence-electron chi connectivity index (χ1n) is 6.58. The predicted molar refractivity (Wildman–Crippen MR) is 83.0 cm³/mol. The summed E-state index contributed by atoms with van der Waals surface area (Å²) in [6.45, 7) is 4.55. The van der Waals surface area contributed by atoms with Crippen LogP contribution >= 0.6 is 0 Å². The van der Waals surface area contributed by atoms with Crippen LogP contribution in [0.2, 0.25) is 0 Å². The first kappa shape index (κ1) is 14.1. The number of para-hydroxylation sites is 1. The molecule has 106 valence electrons. The Kier molecular flexibility index (Phi) is 4.35. The van der Waals surface area contributed by atoms with E-state index in [0.717, 1.165) is 22.7 Å². The number of nitrogens with one attached hydrogen (secondary N) is 1. The van der Waals surface area contributed by atoms with Gasteiger partial charge in [0.25, 0.3) is 0 Å². The fourth-order valence-corrected chi connectivity index (χ4v) is 1.98. The van der Waals surface area contributed by atoms with Crippen molar-refractivity contribution in [2.75, 3.05) is 24.8 Å². The molecule has 0 aliphatic heterocycles. The highest BCUT2D eigenvalue weighted by atomic mass is 16.5. The lowest BCUT2D eigenvalue weighted by Gasteiger charge is -2.15. The van der Waals surface area contributed by atoms with Gasteiger partial charge in [0.05, 0.1) is 25.1 Å². The van der Waals surface area contributed by atoms with Crippen molar-refractivity contribution in [3.63, 3.8) is 0 Å². The van der Waals surface area contributed by atoms with E-state index >= 15 is 0 Å². The molecule has 0 radical (unpaired) electrons. The molecule has 0 spiro atoms. The van der Waals surface area contributed by atoms with E-state index in [9.17, 15) is 0 Å². The molecule has 0 saturated heterocycles. The smallest absolute Gasteiger partial charge is 0.144 e. The average molecular weight is 272 g/mol. The van der Waals surface area contributed by atoms with Crippen molar-refractivity contribution in [3.05, 3.63) is 42.0 Å². The fourth-order valence-electron chi connectivity index (χ4n) is 1.98. The molecule has 0 atom stereocenters. The first-order valence-corrected chi connectivity index (χ1v) is 6.58. The summed E-state index contributed by atoms with van der Waals surface area (Å²) in [4.78, 5) is 0. The number of nitrogen functional groups attached to an aromatic ring is 1. The maximum Gasteiger partial charge on any atom is 0.144 e. The summed E-state index contributed by atoms with van der Waals surface area (Å²) in [5, 5.41) is 3.33. The highest BCUT2D eigenvalue weighted by Crippen LogP contribution is 2.33. The van der Waals surface area contributed by atoms with Crippen LogP contribution in [0.5, 0.6) is 11.5 Å². The lowest BCUT2D eigenvalue weighted by molar-refractivity contribution is 0.342. The van der Waals surface area contributed by atoms with Crippen LogP contribution in [0.25, 0.3) is 0 Å². The summed E-state index contributed by atoms with van der Waals surface area (Å²) < 4.78 is 10.7. The summed E-state index contributed by atoms with van der Waals surface area (Å²) in [7, 11) is 1.66. The maximum atomic E-state index is 6.11. The van der Waals surface area contributed by atoms with Crippen LogP contribution in [0.15, 0.2) is 36.4 Å². The van der Waals surface area contributed by atoms with Crippen molar-refractivity contribution >= 4 is 17.1 Å². The minimum atomic E-state index is 0.592. The molecule has 3 N–H and O–H groups in total. The van der Waals surface area contributed by atoms with E-state index in [-0.39, 0.29) is 0 Å². The molecule has 20 heavy (non-hydrogen) atoms. The minimum Gasteiger partial charge on any atom is -0.497 e. The van der Waals surface area contributed by atoms with E-state index in [1.807, 2.05) is 50.2 Å². The van der Waals surface area contributed by atoms with Gasteiger partial charge in [0.2, 0.25) is 0 Å². The Morgan fingerprint density at radius 2 is 1.95 bits per heavy atom. The van der Waals surface area contributed by atoms with Crippen LogP contribution in [0.1, 0.15) is 12.5 Å². The molecule has 0 fully saturated rings. The standard InChI is InChI=1S/C16H20N2O2/c1-4-20-15-7-5-6-14(16(15)17)18-13-9-8-12(19-3)10-11(13)2/h5-10,18H,4,17H2,1-3H3. The van der Waals surface area contributed by atoms with Crippen molar-refractivity contribution in [2.45, 2.75) is 13.8 Å². The Balaban J connectivity index is 2.28. The molecule has 2 aromatic carbocycles. The zero-order valence-corrected chi connectivity index (χ0v) is 12.1. The molecule has 0 heterocycles. The normalized spacial score (nSPS) is 10.2. The number of hydrogen-bond acceptors (Lipinski definition) is 4. The van der Waals surface area contributed by atoms with E-state index in [4.69, 9.17) is 15.2 Å². The van der Waals surface area contributed by atoms with Gasteiger partial charge in [0, 0.05) is 5.69 Å². The second-order valence-electron chi connectivity index (χ2n) is 4.46. The van der Waals surface area contributed by atoms with Gasteiger partial charge < -0.3 is 20.5 Å².